The van der Waals surface area contributed by atoms with Crippen LogP contribution in [-0.4, -0.2) is 18.2 Å². The van der Waals surface area contributed by atoms with E-state index in [1.807, 2.05) is 13.8 Å². The summed E-state index contributed by atoms with van der Waals surface area (Å²) in [5, 5.41) is 0. The Balaban J connectivity index is 1.90. The third-order valence-electron chi connectivity index (χ3n) is 3.00. The Kier molecular flexibility index (Phi) is 3.03. The zero-order valence-electron chi connectivity index (χ0n) is 9.86. The average molecular weight is 222 g/mol. The first-order valence-electron chi connectivity index (χ1n) is 5.82. The Bertz CT molecular complexity index is 339. The Hall–Kier alpha value is -1.25. The van der Waals surface area contributed by atoms with Gasteiger partial charge >= 0.3 is 5.97 Å². The minimum absolute atomic E-state index is 0.306. The van der Waals surface area contributed by atoms with Crippen LogP contribution < -0.4 is 0 Å². The van der Waals surface area contributed by atoms with Crippen LogP contribution in [0.15, 0.2) is 24.0 Å². The summed E-state index contributed by atoms with van der Waals surface area (Å²) in [6.45, 7) is 4.34. The first-order chi connectivity index (χ1) is 7.58. The highest BCUT2D eigenvalue weighted by Gasteiger charge is 2.36. The lowest BCUT2D eigenvalue weighted by Crippen LogP contribution is -2.25. The largest absolute Gasteiger partial charge is 0.493 e. The Labute approximate surface area is 96.1 Å². The Morgan fingerprint density at radius 2 is 2.38 bits per heavy atom. The molecule has 1 aliphatic heterocycles. The maximum atomic E-state index is 11.1. The van der Waals surface area contributed by atoms with E-state index in [9.17, 15) is 4.79 Å². The topological polar surface area (TPSA) is 35.5 Å². The highest BCUT2D eigenvalue weighted by atomic mass is 16.6. The average Bonchev–Trinajstić information content (AvgIpc) is 2.50. The molecular formula is C13H18O3. The number of hydrogen-bond donors (Lipinski definition) is 0. The molecule has 1 aliphatic carbocycles. The molecule has 0 amide bonds. The molecule has 0 bridgehead atoms. The second-order valence-corrected chi connectivity index (χ2v) is 4.87. The summed E-state index contributed by atoms with van der Waals surface area (Å²) in [5.74, 6) is 0.816. The van der Waals surface area contributed by atoms with Gasteiger partial charge in [0, 0.05) is 5.92 Å². The van der Waals surface area contributed by atoms with Crippen molar-refractivity contribution in [3.05, 3.63) is 24.0 Å². The van der Waals surface area contributed by atoms with Gasteiger partial charge in [-0.15, -0.1) is 0 Å². The van der Waals surface area contributed by atoms with Crippen LogP contribution in [0.1, 0.15) is 33.1 Å². The molecule has 0 N–H and O–H groups in total. The summed E-state index contributed by atoms with van der Waals surface area (Å²) in [6.07, 6.45) is 9.42. The van der Waals surface area contributed by atoms with Gasteiger partial charge < -0.3 is 9.47 Å². The minimum Gasteiger partial charge on any atom is -0.493 e. The van der Waals surface area contributed by atoms with E-state index in [2.05, 4.69) is 12.2 Å². The van der Waals surface area contributed by atoms with E-state index in [0.29, 0.717) is 18.3 Å². The lowest BCUT2D eigenvalue weighted by Gasteiger charge is -2.24. The van der Waals surface area contributed by atoms with Crippen molar-refractivity contribution in [3.63, 3.8) is 0 Å². The SMILES string of the molecule is CC1(C)OC(=O)C=C1OCC1C=CCCC1. The van der Waals surface area contributed by atoms with E-state index in [4.69, 9.17) is 9.47 Å². The van der Waals surface area contributed by atoms with E-state index >= 15 is 0 Å². The van der Waals surface area contributed by atoms with E-state index < -0.39 is 5.60 Å². The molecule has 1 atom stereocenters. The summed E-state index contributed by atoms with van der Waals surface area (Å²) in [6, 6.07) is 0. The molecule has 1 unspecified atom stereocenters. The van der Waals surface area contributed by atoms with Gasteiger partial charge in [-0.1, -0.05) is 12.2 Å². The molecule has 0 aromatic carbocycles. The quantitative estimate of drug-likeness (QED) is 0.544. The monoisotopic (exact) mass is 222 g/mol. The molecule has 0 spiro atoms. The van der Waals surface area contributed by atoms with Crippen LogP contribution in [0.25, 0.3) is 0 Å². The highest BCUT2D eigenvalue weighted by Crippen LogP contribution is 2.29. The number of allylic oxidation sites excluding steroid dienone is 1. The van der Waals surface area contributed by atoms with Gasteiger partial charge in [0.2, 0.25) is 0 Å². The van der Waals surface area contributed by atoms with Gasteiger partial charge in [0.25, 0.3) is 0 Å². The smallest absolute Gasteiger partial charge is 0.335 e. The Morgan fingerprint density at radius 3 is 2.94 bits per heavy atom. The third-order valence-corrected chi connectivity index (χ3v) is 3.00. The summed E-state index contributed by atoms with van der Waals surface area (Å²) in [5.41, 5.74) is -0.602. The van der Waals surface area contributed by atoms with Crippen molar-refractivity contribution in [2.75, 3.05) is 6.61 Å². The molecule has 3 heteroatoms. The lowest BCUT2D eigenvalue weighted by molar-refractivity contribution is -0.145. The van der Waals surface area contributed by atoms with Crippen molar-refractivity contribution in [1.82, 2.24) is 0 Å². The highest BCUT2D eigenvalue weighted by molar-refractivity contribution is 5.86. The molecule has 3 nitrogen and oxygen atoms in total. The summed E-state index contributed by atoms with van der Waals surface area (Å²) >= 11 is 0. The predicted molar refractivity (Wildman–Crippen MR) is 60.7 cm³/mol. The van der Waals surface area contributed by atoms with Crippen molar-refractivity contribution in [3.8, 4) is 0 Å². The maximum Gasteiger partial charge on any atom is 0.335 e. The van der Waals surface area contributed by atoms with Crippen LogP contribution >= 0.6 is 0 Å². The normalized spacial score (nSPS) is 27.5. The zero-order chi connectivity index (χ0) is 11.6. The number of ether oxygens (including phenoxy) is 2. The summed E-state index contributed by atoms with van der Waals surface area (Å²) < 4.78 is 10.8. The van der Waals surface area contributed by atoms with Gasteiger partial charge in [0.05, 0.1) is 12.7 Å². The number of esters is 1. The van der Waals surface area contributed by atoms with E-state index in [-0.39, 0.29) is 5.97 Å². The molecule has 0 saturated heterocycles. The third kappa shape index (κ3) is 2.46. The number of rotatable bonds is 3. The zero-order valence-corrected chi connectivity index (χ0v) is 9.86. The van der Waals surface area contributed by atoms with Gasteiger partial charge in [0.1, 0.15) is 5.76 Å². The van der Waals surface area contributed by atoms with Crippen LogP contribution in [-0.2, 0) is 14.3 Å². The molecule has 88 valence electrons. The number of carbonyl (C=O) groups excluding carboxylic acids is 1. The number of hydrogen-bond acceptors (Lipinski definition) is 3. The number of carbonyl (C=O) groups is 1. The molecule has 0 radical (unpaired) electrons. The fraction of sp³-hybridized carbons (Fsp3) is 0.615. The van der Waals surface area contributed by atoms with Gasteiger partial charge in [-0.05, 0) is 33.1 Å². The first-order valence-corrected chi connectivity index (χ1v) is 5.82. The van der Waals surface area contributed by atoms with Gasteiger partial charge in [-0.2, -0.15) is 0 Å². The fourth-order valence-electron chi connectivity index (χ4n) is 2.05. The van der Waals surface area contributed by atoms with Gasteiger partial charge in [-0.25, -0.2) is 4.79 Å². The lowest BCUT2D eigenvalue weighted by atomic mass is 9.97. The van der Waals surface area contributed by atoms with Crippen LogP contribution in [0.5, 0.6) is 0 Å². The van der Waals surface area contributed by atoms with Crippen LogP contribution in [0.3, 0.4) is 0 Å². The van der Waals surface area contributed by atoms with Crippen LogP contribution in [0.2, 0.25) is 0 Å². The molecule has 0 aromatic heterocycles. The van der Waals surface area contributed by atoms with Crippen LogP contribution in [0.4, 0.5) is 0 Å². The van der Waals surface area contributed by atoms with Gasteiger partial charge in [0.15, 0.2) is 5.60 Å². The summed E-state index contributed by atoms with van der Waals surface area (Å²) in [4.78, 5) is 11.1. The van der Waals surface area contributed by atoms with Gasteiger partial charge in [-0.3, -0.25) is 0 Å². The fourth-order valence-corrected chi connectivity index (χ4v) is 2.05. The number of cyclic esters (lactones) is 1. The predicted octanol–water partition coefficient (Wildman–Crippen LogP) is 2.58. The van der Waals surface area contributed by atoms with E-state index in [1.54, 1.807) is 0 Å². The summed E-state index contributed by atoms with van der Waals surface area (Å²) in [7, 11) is 0. The van der Waals surface area contributed by atoms with Crippen molar-refractivity contribution in [2.45, 2.75) is 38.7 Å². The molecule has 0 saturated carbocycles. The molecule has 2 aliphatic rings. The van der Waals surface area contributed by atoms with E-state index in [0.717, 1.165) is 0 Å². The second kappa shape index (κ2) is 4.32. The molecule has 2 rings (SSSR count). The van der Waals surface area contributed by atoms with E-state index in [1.165, 1.54) is 25.3 Å². The minimum atomic E-state index is -0.602. The van der Waals surface area contributed by atoms with Crippen molar-refractivity contribution in [1.29, 1.82) is 0 Å². The molecular weight excluding hydrogens is 204 g/mol. The maximum absolute atomic E-state index is 11.1. The standard InChI is InChI=1S/C13H18O3/c1-13(2)11(8-12(14)16-13)15-9-10-6-4-3-5-7-10/h4,6,8,10H,3,5,7,9H2,1-2H3. The van der Waals surface area contributed by atoms with Crippen molar-refractivity contribution >= 4 is 5.97 Å². The molecule has 1 heterocycles. The Morgan fingerprint density at radius 1 is 1.56 bits per heavy atom. The van der Waals surface area contributed by atoms with Crippen LogP contribution in [0, 0.1) is 5.92 Å². The second-order valence-electron chi connectivity index (χ2n) is 4.87. The molecule has 0 aromatic rings. The van der Waals surface area contributed by atoms with Crippen molar-refractivity contribution in [2.24, 2.45) is 5.92 Å². The molecule has 16 heavy (non-hydrogen) atoms. The van der Waals surface area contributed by atoms with Crippen molar-refractivity contribution < 1.29 is 14.3 Å². The molecule has 0 fully saturated rings. The first kappa shape index (κ1) is 11.2.